The van der Waals surface area contributed by atoms with Crippen LogP contribution in [0.4, 0.5) is 0 Å². The summed E-state index contributed by atoms with van der Waals surface area (Å²) >= 11 is 0. The fourth-order valence-electron chi connectivity index (χ4n) is 2.77. The van der Waals surface area contributed by atoms with Gasteiger partial charge in [0.15, 0.2) is 0 Å². The normalized spacial score (nSPS) is 19.3. The highest BCUT2D eigenvalue weighted by Crippen LogP contribution is 2.29. The van der Waals surface area contributed by atoms with Gasteiger partial charge in [0.05, 0.1) is 11.4 Å². The van der Waals surface area contributed by atoms with E-state index in [0.29, 0.717) is 17.0 Å². The Kier molecular flexibility index (Phi) is 5.04. The molecule has 2 N–H and O–H groups in total. The molecule has 1 saturated heterocycles. The van der Waals surface area contributed by atoms with Crippen molar-refractivity contribution in [1.82, 2.24) is 4.31 Å². The lowest BCUT2D eigenvalue weighted by molar-refractivity contribution is 0.379. The maximum atomic E-state index is 12.9. The molecule has 21 heavy (non-hydrogen) atoms. The summed E-state index contributed by atoms with van der Waals surface area (Å²) in [7, 11) is -3.44. The van der Waals surface area contributed by atoms with E-state index in [0.717, 1.165) is 24.8 Å². The van der Waals surface area contributed by atoms with Crippen molar-refractivity contribution in [3.8, 4) is 11.8 Å². The van der Waals surface area contributed by atoms with Gasteiger partial charge in [0.25, 0.3) is 0 Å². The van der Waals surface area contributed by atoms with Crippen molar-refractivity contribution in [1.29, 1.82) is 0 Å². The number of aryl methyl sites for hydroxylation is 1. The van der Waals surface area contributed by atoms with Gasteiger partial charge < -0.3 is 5.73 Å². The van der Waals surface area contributed by atoms with Crippen molar-refractivity contribution in [2.75, 3.05) is 13.1 Å². The molecule has 0 saturated carbocycles. The van der Waals surface area contributed by atoms with Gasteiger partial charge in [0.2, 0.25) is 10.0 Å². The number of sulfonamides is 1. The molecule has 1 unspecified atom stereocenters. The first kappa shape index (κ1) is 16.0. The molecule has 0 aromatic heterocycles. The zero-order chi connectivity index (χ0) is 15.5. The van der Waals surface area contributed by atoms with Gasteiger partial charge in [-0.1, -0.05) is 24.8 Å². The van der Waals surface area contributed by atoms with Crippen LogP contribution in [-0.2, 0) is 10.0 Å². The number of benzene rings is 1. The van der Waals surface area contributed by atoms with Crippen LogP contribution in [-0.4, -0.2) is 31.9 Å². The third-order valence-electron chi connectivity index (χ3n) is 3.90. The Labute approximate surface area is 127 Å². The van der Waals surface area contributed by atoms with E-state index < -0.39 is 10.0 Å². The van der Waals surface area contributed by atoms with Crippen molar-refractivity contribution in [3.63, 3.8) is 0 Å². The molecule has 2 rings (SSSR count). The van der Waals surface area contributed by atoms with Crippen LogP contribution in [0.15, 0.2) is 23.1 Å². The van der Waals surface area contributed by atoms with Crippen molar-refractivity contribution >= 4 is 10.0 Å². The van der Waals surface area contributed by atoms with E-state index in [-0.39, 0.29) is 12.6 Å². The Morgan fingerprint density at radius 1 is 1.43 bits per heavy atom. The maximum absolute atomic E-state index is 12.9. The second-order valence-electron chi connectivity index (χ2n) is 5.31. The summed E-state index contributed by atoms with van der Waals surface area (Å²) in [5, 5.41) is 0. The highest BCUT2D eigenvalue weighted by Gasteiger charge is 2.34. The highest BCUT2D eigenvalue weighted by molar-refractivity contribution is 7.89. The van der Waals surface area contributed by atoms with Crippen molar-refractivity contribution in [3.05, 3.63) is 29.3 Å². The Bertz CT molecular complexity index is 671. The van der Waals surface area contributed by atoms with Crippen LogP contribution >= 0.6 is 0 Å². The maximum Gasteiger partial charge on any atom is 0.243 e. The second kappa shape index (κ2) is 6.61. The fourth-order valence-corrected chi connectivity index (χ4v) is 4.79. The quantitative estimate of drug-likeness (QED) is 0.867. The van der Waals surface area contributed by atoms with Gasteiger partial charge in [0, 0.05) is 18.2 Å². The third-order valence-corrected chi connectivity index (χ3v) is 6.00. The average molecular weight is 306 g/mol. The molecule has 5 heteroatoms. The van der Waals surface area contributed by atoms with E-state index in [1.807, 2.05) is 26.0 Å². The number of hydrogen-bond donors (Lipinski definition) is 1. The standard InChI is InChI=1S/C16H22N2O2S/c1-3-15-7-5-11-18(15)21(19,20)16-12-14(6-4-10-17)9-8-13(16)2/h8-9,12,15H,3,5,7,10-11,17H2,1-2H3. The molecule has 0 bridgehead atoms. The first-order valence-electron chi connectivity index (χ1n) is 7.32. The Morgan fingerprint density at radius 3 is 2.86 bits per heavy atom. The summed E-state index contributed by atoms with van der Waals surface area (Å²) in [6.45, 7) is 4.73. The summed E-state index contributed by atoms with van der Waals surface area (Å²) in [6, 6.07) is 5.43. The summed E-state index contributed by atoms with van der Waals surface area (Å²) in [5.41, 5.74) is 6.82. The zero-order valence-electron chi connectivity index (χ0n) is 12.6. The average Bonchev–Trinajstić information content (AvgIpc) is 2.95. The largest absolute Gasteiger partial charge is 0.320 e. The Morgan fingerprint density at radius 2 is 2.19 bits per heavy atom. The van der Waals surface area contributed by atoms with Gasteiger partial charge in [-0.25, -0.2) is 8.42 Å². The molecular formula is C16H22N2O2S. The molecule has 0 spiro atoms. The lowest BCUT2D eigenvalue weighted by atomic mass is 10.1. The topological polar surface area (TPSA) is 63.4 Å². The summed E-state index contributed by atoms with van der Waals surface area (Å²) in [5.74, 6) is 5.66. The number of nitrogens with two attached hydrogens (primary N) is 1. The minimum atomic E-state index is -3.44. The fraction of sp³-hybridized carbons (Fsp3) is 0.500. The minimum absolute atomic E-state index is 0.119. The third kappa shape index (κ3) is 3.29. The van der Waals surface area contributed by atoms with Crippen LogP contribution in [0.5, 0.6) is 0 Å². The second-order valence-corrected chi connectivity index (χ2v) is 7.17. The molecule has 114 valence electrons. The van der Waals surface area contributed by atoms with Crippen LogP contribution in [0.2, 0.25) is 0 Å². The van der Waals surface area contributed by atoms with Crippen molar-refractivity contribution < 1.29 is 8.42 Å². The van der Waals surface area contributed by atoms with E-state index in [4.69, 9.17) is 5.73 Å². The molecule has 4 nitrogen and oxygen atoms in total. The summed E-state index contributed by atoms with van der Waals surface area (Å²) in [6.07, 6.45) is 2.73. The molecule has 1 aromatic rings. The number of rotatable bonds is 3. The summed E-state index contributed by atoms with van der Waals surface area (Å²) < 4.78 is 27.5. The predicted molar refractivity (Wildman–Crippen MR) is 84.3 cm³/mol. The summed E-state index contributed by atoms with van der Waals surface area (Å²) in [4.78, 5) is 0.367. The van der Waals surface area contributed by atoms with E-state index in [1.54, 1.807) is 10.4 Å². The van der Waals surface area contributed by atoms with Crippen molar-refractivity contribution in [2.45, 2.75) is 44.0 Å². The SMILES string of the molecule is CCC1CCCN1S(=O)(=O)c1cc(C#CCN)ccc1C. The Balaban J connectivity index is 2.44. The molecular weight excluding hydrogens is 284 g/mol. The molecule has 0 aliphatic carbocycles. The molecule has 0 radical (unpaired) electrons. The van der Waals surface area contributed by atoms with E-state index in [1.165, 1.54) is 0 Å². The molecule has 1 aromatic carbocycles. The van der Waals surface area contributed by atoms with Gasteiger partial charge in [-0.2, -0.15) is 4.31 Å². The first-order chi connectivity index (χ1) is 10.0. The number of nitrogens with zero attached hydrogens (tertiary/aromatic N) is 1. The molecule has 1 aliphatic heterocycles. The van der Waals surface area contributed by atoms with Crippen LogP contribution in [0.25, 0.3) is 0 Å². The van der Waals surface area contributed by atoms with Crippen LogP contribution in [0.3, 0.4) is 0 Å². The zero-order valence-corrected chi connectivity index (χ0v) is 13.4. The molecule has 1 aliphatic rings. The number of hydrogen-bond acceptors (Lipinski definition) is 3. The van der Waals surface area contributed by atoms with E-state index >= 15 is 0 Å². The molecule has 1 fully saturated rings. The minimum Gasteiger partial charge on any atom is -0.320 e. The smallest absolute Gasteiger partial charge is 0.243 e. The molecule has 1 atom stereocenters. The molecule has 0 amide bonds. The van der Waals surface area contributed by atoms with Gasteiger partial charge in [-0.3, -0.25) is 0 Å². The molecule has 1 heterocycles. The van der Waals surface area contributed by atoms with Gasteiger partial charge in [-0.05, 0) is 43.9 Å². The van der Waals surface area contributed by atoms with Crippen LogP contribution in [0, 0.1) is 18.8 Å². The van der Waals surface area contributed by atoms with Gasteiger partial charge >= 0.3 is 0 Å². The van der Waals surface area contributed by atoms with Crippen LogP contribution in [0.1, 0.15) is 37.3 Å². The highest BCUT2D eigenvalue weighted by atomic mass is 32.2. The van der Waals surface area contributed by atoms with E-state index in [9.17, 15) is 8.42 Å². The first-order valence-corrected chi connectivity index (χ1v) is 8.76. The Hall–Kier alpha value is -1.35. The predicted octanol–water partition coefficient (Wildman–Crippen LogP) is 1.87. The van der Waals surface area contributed by atoms with Crippen LogP contribution < -0.4 is 5.73 Å². The van der Waals surface area contributed by atoms with Gasteiger partial charge in [0.1, 0.15) is 0 Å². The monoisotopic (exact) mass is 306 g/mol. The van der Waals surface area contributed by atoms with Crippen molar-refractivity contribution in [2.24, 2.45) is 5.73 Å². The lowest BCUT2D eigenvalue weighted by Crippen LogP contribution is -2.35. The lowest BCUT2D eigenvalue weighted by Gasteiger charge is -2.24. The van der Waals surface area contributed by atoms with E-state index in [2.05, 4.69) is 11.8 Å². The van der Waals surface area contributed by atoms with Gasteiger partial charge in [-0.15, -0.1) is 0 Å².